The minimum Gasteiger partial charge on any atom is -0.334 e. The van der Waals surface area contributed by atoms with Crippen molar-refractivity contribution in [2.45, 2.75) is 6.41 Å². The normalized spacial score (nSPS) is 12.7. The molecule has 1 aromatic heterocycles. The number of aromatic nitrogens is 1. The van der Waals surface area contributed by atoms with Crippen LogP contribution in [0.2, 0.25) is 5.15 Å². The van der Waals surface area contributed by atoms with Crippen molar-refractivity contribution < 1.29 is 37.8 Å². The van der Waals surface area contributed by atoms with Gasteiger partial charge in [0.15, 0.2) is 5.15 Å². The summed E-state index contributed by atoms with van der Waals surface area (Å²) in [5, 5.41) is 2.02. The van der Waals surface area contributed by atoms with Gasteiger partial charge in [0, 0.05) is 6.20 Å². The molecule has 1 rings (SSSR count). The van der Waals surface area contributed by atoms with Crippen LogP contribution < -0.4 is 5.32 Å². The van der Waals surface area contributed by atoms with Gasteiger partial charge in [0.25, 0.3) is 6.41 Å². The summed E-state index contributed by atoms with van der Waals surface area (Å²) in [5.41, 5.74) is -0.00364. The van der Waals surface area contributed by atoms with Crippen molar-refractivity contribution in [1.29, 1.82) is 0 Å². The Morgan fingerprint density at radius 3 is 2.16 bits per heavy atom. The van der Waals surface area contributed by atoms with E-state index in [0.717, 1.165) is 0 Å². The summed E-state index contributed by atoms with van der Waals surface area (Å²) in [6, 6.07) is 2.74. The van der Waals surface area contributed by atoms with Gasteiger partial charge < -0.3 is 24.9 Å². The lowest BCUT2D eigenvalue weighted by molar-refractivity contribution is -0.0126. The molecule has 19 heavy (non-hydrogen) atoms. The van der Waals surface area contributed by atoms with Gasteiger partial charge in [0.1, 0.15) is 0 Å². The SMILES string of the molecule is O=P(O)(O)OC(Nc1cccnc1Cl)OP(=O)(O)O. The number of pyridine rings is 1. The Kier molecular flexibility index (Phi) is 5.45. The fourth-order valence-electron chi connectivity index (χ4n) is 0.942. The summed E-state index contributed by atoms with van der Waals surface area (Å²) < 4.78 is 29.4. The predicted molar refractivity (Wildman–Crippen MR) is 62.9 cm³/mol. The number of halogens is 1. The molecule has 0 unspecified atom stereocenters. The van der Waals surface area contributed by atoms with Crippen LogP contribution in [0.5, 0.6) is 0 Å². The van der Waals surface area contributed by atoms with Crippen molar-refractivity contribution in [3.8, 4) is 0 Å². The summed E-state index contributed by atoms with van der Waals surface area (Å²) in [5.74, 6) is 0. The molecule has 108 valence electrons. The topological polar surface area (TPSA) is 158 Å². The minimum atomic E-state index is -5.05. The average molecular weight is 335 g/mol. The Morgan fingerprint density at radius 2 is 1.74 bits per heavy atom. The van der Waals surface area contributed by atoms with Gasteiger partial charge in [-0.25, -0.2) is 23.2 Å². The highest BCUT2D eigenvalue weighted by molar-refractivity contribution is 7.47. The molecule has 0 aliphatic carbocycles. The van der Waals surface area contributed by atoms with Crippen LogP contribution in [0, 0.1) is 0 Å². The van der Waals surface area contributed by atoms with Gasteiger partial charge in [0.2, 0.25) is 0 Å². The lowest BCUT2D eigenvalue weighted by Gasteiger charge is -2.20. The Morgan fingerprint density at radius 1 is 1.21 bits per heavy atom. The zero-order chi connectivity index (χ0) is 14.7. The van der Waals surface area contributed by atoms with E-state index in [1.54, 1.807) is 0 Å². The maximum Gasteiger partial charge on any atom is 0.473 e. The molecular weight excluding hydrogens is 325 g/mol. The molecule has 0 saturated heterocycles. The zero-order valence-corrected chi connectivity index (χ0v) is 11.5. The smallest absolute Gasteiger partial charge is 0.334 e. The molecule has 5 N–H and O–H groups in total. The van der Waals surface area contributed by atoms with Crippen LogP contribution >= 0.6 is 27.2 Å². The molecule has 0 bridgehead atoms. The van der Waals surface area contributed by atoms with E-state index in [0.29, 0.717) is 0 Å². The van der Waals surface area contributed by atoms with Gasteiger partial charge in [-0.1, -0.05) is 11.6 Å². The van der Waals surface area contributed by atoms with Gasteiger partial charge in [-0.15, -0.1) is 0 Å². The summed E-state index contributed by atoms with van der Waals surface area (Å²) in [6.45, 7) is 0. The van der Waals surface area contributed by atoms with Crippen molar-refractivity contribution in [2.24, 2.45) is 0 Å². The minimum absolute atomic E-state index is 0.00364. The van der Waals surface area contributed by atoms with E-state index >= 15 is 0 Å². The highest BCUT2D eigenvalue weighted by Crippen LogP contribution is 2.44. The standard InChI is InChI=1S/C6H9ClN2O8P2/c7-5-4(2-1-3-8-5)9-6(16-18(10,11)12)17-19(13,14)15/h1-3,6,9H,(H2,10,11,12)(H2,13,14,15). The van der Waals surface area contributed by atoms with Crippen molar-refractivity contribution in [2.75, 3.05) is 5.32 Å². The Labute approximate surface area is 111 Å². The van der Waals surface area contributed by atoms with Gasteiger partial charge in [-0.2, -0.15) is 0 Å². The number of rotatable bonds is 6. The van der Waals surface area contributed by atoms with Crippen LogP contribution in [0.3, 0.4) is 0 Å². The zero-order valence-electron chi connectivity index (χ0n) is 8.95. The average Bonchev–Trinajstić information content (AvgIpc) is 2.16. The number of phosphoric acid groups is 2. The highest BCUT2D eigenvalue weighted by atomic mass is 35.5. The summed E-state index contributed by atoms with van der Waals surface area (Å²) in [6.07, 6.45) is -0.792. The highest BCUT2D eigenvalue weighted by Gasteiger charge is 2.30. The Balaban J connectivity index is 2.89. The number of phosphoric ester groups is 2. The third-order valence-electron chi connectivity index (χ3n) is 1.50. The van der Waals surface area contributed by atoms with Crippen LogP contribution in [0.25, 0.3) is 0 Å². The molecule has 0 amide bonds. The van der Waals surface area contributed by atoms with Crippen LogP contribution in [0.1, 0.15) is 0 Å². The van der Waals surface area contributed by atoms with Crippen molar-refractivity contribution >= 4 is 32.9 Å². The molecule has 0 fully saturated rings. The monoisotopic (exact) mass is 334 g/mol. The quantitative estimate of drug-likeness (QED) is 0.284. The molecule has 0 radical (unpaired) electrons. The van der Waals surface area contributed by atoms with Crippen LogP contribution in [0.15, 0.2) is 18.3 Å². The van der Waals surface area contributed by atoms with Gasteiger partial charge in [0.05, 0.1) is 5.69 Å². The molecule has 0 atom stereocenters. The first-order valence-electron chi connectivity index (χ1n) is 4.42. The fraction of sp³-hybridized carbons (Fsp3) is 0.167. The van der Waals surface area contributed by atoms with Crippen LogP contribution in [-0.4, -0.2) is 31.0 Å². The Bertz CT molecular complexity index is 506. The second kappa shape index (κ2) is 6.27. The Hall–Kier alpha value is -0.540. The second-order valence-corrected chi connectivity index (χ2v) is 5.75. The molecular formula is C6H9ClN2O8P2. The molecule has 0 aromatic carbocycles. The molecule has 0 saturated carbocycles. The van der Waals surface area contributed by atoms with E-state index in [1.165, 1.54) is 18.3 Å². The summed E-state index contributed by atoms with van der Waals surface area (Å²) in [7, 11) is -10.1. The first kappa shape index (κ1) is 16.5. The molecule has 10 nitrogen and oxygen atoms in total. The van der Waals surface area contributed by atoms with Gasteiger partial charge in [-0.3, -0.25) is 0 Å². The lowest BCUT2D eigenvalue weighted by Crippen LogP contribution is -2.24. The summed E-state index contributed by atoms with van der Waals surface area (Å²) >= 11 is 5.64. The summed E-state index contributed by atoms with van der Waals surface area (Å²) in [4.78, 5) is 38.0. The van der Waals surface area contributed by atoms with E-state index in [-0.39, 0.29) is 10.8 Å². The number of nitrogens with one attached hydrogen (secondary N) is 1. The third-order valence-corrected chi connectivity index (χ3v) is 2.73. The van der Waals surface area contributed by atoms with E-state index in [1.807, 2.05) is 0 Å². The molecule has 13 heteroatoms. The second-order valence-electron chi connectivity index (χ2n) is 3.01. The van der Waals surface area contributed by atoms with E-state index in [2.05, 4.69) is 19.3 Å². The van der Waals surface area contributed by atoms with Crippen molar-refractivity contribution in [1.82, 2.24) is 4.98 Å². The number of nitrogens with zero attached hydrogens (tertiary/aromatic N) is 1. The number of hydrogen-bond donors (Lipinski definition) is 5. The van der Waals surface area contributed by atoms with E-state index < -0.39 is 22.1 Å². The van der Waals surface area contributed by atoms with E-state index in [4.69, 9.17) is 31.2 Å². The first-order chi connectivity index (χ1) is 8.57. The number of hydrogen-bond acceptors (Lipinski definition) is 6. The maximum absolute atomic E-state index is 10.7. The first-order valence-corrected chi connectivity index (χ1v) is 7.86. The van der Waals surface area contributed by atoms with E-state index in [9.17, 15) is 9.13 Å². The van der Waals surface area contributed by atoms with Crippen LogP contribution in [-0.2, 0) is 18.2 Å². The van der Waals surface area contributed by atoms with Crippen LogP contribution in [0.4, 0.5) is 5.69 Å². The molecule has 1 aromatic rings. The number of anilines is 1. The lowest BCUT2D eigenvalue weighted by atomic mass is 10.4. The van der Waals surface area contributed by atoms with Gasteiger partial charge >= 0.3 is 15.6 Å². The largest absolute Gasteiger partial charge is 0.473 e. The van der Waals surface area contributed by atoms with Gasteiger partial charge in [-0.05, 0) is 12.1 Å². The predicted octanol–water partition coefficient (Wildman–Crippen LogP) is 0.649. The van der Waals surface area contributed by atoms with Crippen molar-refractivity contribution in [3.05, 3.63) is 23.5 Å². The molecule has 0 aliphatic rings. The fourth-order valence-corrected chi connectivity index (χ4v) is 1.87. The molecule has 0 aliphatic heterocycles. The third kappa shape index (κ3) is 6.98. The van der Waals surface area contributed by atoms with Crippen molar-refractivity contribution in [3.63, 3.8) is 0 Å². The maximum atomic E-state index is 10.7. The molecule has 0 spiro atoms. The molecule has 1 heterocycles.